The van der Waals surface area contributed by atoms with Crippen LogP contribution in [0.4, 0.5) is 0 Å². The maximum Gasteiger partial charge on any atom is 0.125 e. The molecule has 2 unspecified atom stereocenters. The molecule has 58 valence electrons. The second-order valence-electron chi connectivity index (χ2n) is 2.43. The van der Waals surface area contributed by atoms with Crippen molar-refractivity contribution >= 4 is 6.29 Å². The Hall–Kier alpha value is -0.630. The molecule has 0 aliphatic heterocycles. The van der Waals surface area contributed by atoms with Crippen LogP contribution in [0, 0.1) is 5.92 Å². The Kier molecular flexibility index (Phi) is 4.85. The van der Waals surface area contributed by atoms with Crippen LogP contribution in [0.3, 0.4) is 0 Å². The number of rotatable bonds is 5. The highest BCUT2D eigenvalue weighted by Crippen LogP contribution is 2.06. The van der Waals surface area contributed by atoms with E-state index in [0.29, 0.717) is 6.42 Å². The summed E-state index contributed by atoms with van der Waals surface area (Å²) in [5.41, 5.74) is 0. The average Bonchev–Trinajstić information content (AvgIpc) is 1.98. The summed E-state index contributed by atoms with van der Waals surface area (Å²) in [7, 11) is 0. The number of aliphatic hydroxyl groups is 1. The molecule has 0 spiro atoms. The van der Waals surface area contributed by atoms with Crippen molar-refractivity contribution in [3.8, 4) is 0 Å². The van der Waals surface area contributed by atoms with E-state index in [1.54, 1.807) is 13.0 Å². The van der Waals surface area contributed by atoms with Gasteiger partial charge in [0.1, 0.15) is 6.29 Å². The van der Waals surface area contributed by atoms with Gasteiger partial charge < -0.3 is 9.90 Å². The lowest BCUT2D eigenvalue weighted by molar-refractivity contribution is -0.113. The molecule has 0 radical (unpaired) electrons. The summed E-state index contributed by atoms with van der Waals surface area (Å²) in [4.78, 5) is 10.1. The van der Waals surface area contributed by atoms with Gasteiger partial charge in [0.25, 0.3) is 0 Å². The van der Waals surface area contributed by atoms with Crippen molar-refractivity contribution in [3.05, 3.63) is 12.7 Å². The van der Waals surface area contributed by atoms with E-state index in [9.17, 15) is 4.79 Å². The summed E-state index contributed by atoms with van der Waals surface area (Å²) in [6, 6.07) is 0. The molecule has 0 aromatic rings. The summed E-state index contributed by atoms with van der Waals surface area (Å²) in [6.07, 6.45) is 3.40. The smallest absolute Gasteiger partial charge is 0.125 e. The Balaban J connectivity index is 3.49. The van der Waals surface area contributed by atoms with Gasteiger partial charge in [0.05, 0.1) is 6.10 Å². The van der Waals surface area contributed by atoms with E-state index in [0.717, 1.165) is 12.7 Å². The quantitative estimate of drug-likeness (QED) is 0.462. The van der Waals surface area contributed by atoms with Gasteiger partial charge in [-0.05, 0) is 12.8 Å². The molecule has 0 fully saturated rings. The van der Waals surface area contributed by atoms with Crippen LogP contribution in [0.15, 0.2) is 12.7 Å². The van der Waals surface area contributed by atoms with E-state index in [4.69, 9.17) is 5.11 Å². The summed E-state index contributed by atoms with van der Waals surface area (Å²) >= 11 is 0. The zero-order valence-corrected chi connectivity index (χ0v) is 6.29. The van der Waals surface area contributed by atoms with Crippen molar-refractivity contribution in [2.75, 3.05) is 0 Å². The first-order valence-electron chi connectivity index (χ1n) is 3.46. The minimum atomic E-state index is -0.504. The fourth-order valence-corrected chi connectivity index (χ4v) is 0.642. The zero-order chi connectivity index (χ0) is 7.98. The second kappa shape index (κ2) is 5.18. The molecule has 0 saturated heterocycles. The molecule has 0 amide bonds. The molecule has 2 heteroatoms. The molecule has 0 aliphatic carbocycles. The van der Waals surface area contributed by atoms with Crippen LogP contribution in [-0.4, -0.2) is 17.5 Å². The molecule has 10 heavy (non-hydrogen) atoms. The lowest BCUT2D eigenvalue weighted by Crippen LogP contribution is -2.17. The zero-order valence-electron chi connectivity index (χ0n) is 6.29. The van der Waals surface area contributed by atoms with E-state index in [1.165, 1.54) is 0 Å². The predicted octanol–water partition coefficient (Wildman–Crippen LogP) is 1.15. The highest BCUT2D eigenvalue weighted by atomic mass is 16.3. The van der Waals surface area contributed by atoms with Gasteiger partial charge >= 0.3 is 0 Å². The largest absolute Gasteiger partial charge is 0.392 e. The van der Waals surface area contributed by atoms with Gasteiger partial charge in [-0.15, -0.1) is 6.58 Å². The van der Waals surface area contributed by atoms with Crippen molar-refractivity contribution < 1.29 is 9.90 Å². The molecular weight excluding hydrogens is 128 g/mol. The Morgan fingerprint density at radius 1 is 1.70 bits per heavy atom. The number of aldehydes is 1. The molecule has 1 N–H and O–H groups in total. The van der Waals surface area contributed by atoms with Crippen molar-refractivity contribution in [1.82, 2.24) is 0 Å². The summed E-state index contributed by atoms with van der Waals surface area (Å²) in [6.45, 7) is 5.23. The highest BCUT2D eigenvalue weighted by Gasteiger charge is 2.10. The number of allylic oxidation sites excluding steroid dienone is 1. The van der Waals surface area contributed by atoms with Gasteiger partial charge in [0.2, 0.25) is 0 Å². The maximum atomic E-state index is 10.1. The summed E-state index contributed by atoms with van der Waals surface area (Å²) in [5.74, 6) is -0.250. The minimum Gasteiger partial charge on any atom is -0.392 e. The molecule has 0 rings (SSSR count). The van der Waals surface area contributed by atoms with Gasteiger partial charge in [0.15, 0.2) is 0 Å². The Morgan fingerprint density at radius 3 is 2.70 bits per heavy atom. The van der Waals surface area contributed by atoms with Crippen LogP contribution >= 0.6 is 0 Å². The Labute approximate surface area is 61.6 Å². The monoisotopic (exact) mass is 142 g/mol. The third kappa shape index (κ3) is 3.41. The van der Waals surface area contributed by atoms with Crippen LogP contribution in [0.2, 0.25) is 0 Å². The molecule has 0 heterocycles. The number of carbonyl (C=O) groups is 1. The molecule has 0 aliphatic rings. The SMILES string of the molecule is C=CCCC(O)C(C)C=O. The van der Waals surface area contributed by atoms with Gasteiger partial charge in [-0.1, -0.05) is 13.0 Å². The number of aliphatic hydroxyl groups excluding tert-OH is 1. The van der Waals surface area contributed by atoms with Crippen LogP contribution in [0.5, 0.6) is 0 Å². The first-order valence-corrected chi connectivity index (χ1v) is 3.46. The topological polar surface area (TPSA) is 37.3 Å². The second-order valence-corrected chi connectivity index (χ2v) is 2.43. The average molecular weight is 142 g/mol. The van der Waals surface area contributed by atoms with Gasteiger partial charge in [-0.2, -0.15) is 0 Å². The maximum absolute atomic E-state index is 10.1. The summed E-state index contributed by atoms with van der Waals surface area (Å²) in [5, 5.41) is 9.17. The van der Waals surface area contributed by atoms with Crippen LogP contribution in [0.25, 0.3) is 0 Å². The fourth-order valence-electron chi connectivity index (χ4n) is 0.642. The van der Waals surface area contributed by atoms with Crippen molar-refractivity contribution in [2.45, 2.75) is 25.9 Å². The molecule has 0 aromatic carbocycles. The number of hydrogen-bond donors (Lipinski definition) is 1. The molecule has 0 aromatic heterocycles. The first-order chi connectivity index (χ1) is 4.72. The summed E-state index contributed by atoms with van der Waals surface area (Å²) < 4.78 is 0. The van der Waals surface area contributed by atoms with E-state index < -0.39 is 6.10 Å². The molecule has 0 saturated carbocycles. The lowest BCUT2D eigenvalue weighted by Gasteiger charge is -2.10. The fraction of sp³-hybridized carbons (Fsp3) is 0.625. The minimum absolute atomic E-state index is 0.250. The van der Waals surface area contributed by atoms with Crippen molar-refractivity contribution in [1.29, 1.82) is 0 Å². The van der Waals surface area contributed by atoms with E-state index in [1.807, 2.05) is 0 Å². The third-order valence-corrected chi connectivity index (χ3v) is 1.49. The predicted molar refractivity (Wildman–Crippen MR) is 40.7 cm³/mol. The van der Waals surface area contributed by atoms with Crippen molar-refractivity contribution in [3.63, 3.8) is 0 Å². The van der Waals surface area contributed by atoms with E-state index in [2.05, 4.69) is 6.58 Å². The van der Waals surface area contributed by atoms with E-state index in [-0.39, 0.29) is 5.92 Å². The lowest BCUT2D eigenvalue weighted by atomic mass is 10.0. The van der Waals surface area contributed by atoms with Crippen LogP contribution in [0.1, 0.15) is 19.8 Å². The van der Waals surface area contributed by atoms with Crippen LogP contribution in [-0.2, 0) is 4.79 Å². The Bertz CT molecular complexity index is 110. The normalized spacial score (nSPS) is 15.8. The molecule has 0 bridgehead atoms. The highest BCUT2D eigenvalue weighted by molar-refractivity contribution is 5.53. The third-order valence-electron chi connectivity index (χ3n) is 1.49. The van der Waals surface area contributed by atoms with E-state index >= 15 is 0 Å². The molecular formula is C8H14O2. The van der Waals surface area contributed by atoms with Gasteiger partial charge in [-0.25, -0.2) is 0 Å². The van der Waals surface area contributed by atoms with Crippen LogP contribution < -0.4 is 0 Å². The number of hydrogen-bond acceptors (Lipinski definition) is 2. The van der Waals surface area contributed by atoms with Crippen molar-refractivity contribution in [2.24, 2.45) is 5.92 Å². The standard InChI is InChI=1S/C8H14O2/c1-3-4-5-8(10)7(2)6-9/h3,6-8,10H,1,4-5H2,2H3. The molecule has 2 nitrogen and oxygen atoms in total. The Morgan fingerprint density at radius 2 is 2.30 bits per heavy atom. The van der Waals surface area contributed by atoms with Gasteiger partial charge in [0, 0.05) is 5.92 Å². The first kappa shape index (κ1) is 9.37. The molecule has 2 atom stereocenters. The number of carbonyl (C=O) groups excluding carboxylic acids is 1. The van der Waals surface area contributed by atoms with Gasteiger partial charge in [-0.3, -0.25) is 0 Å².